The summed E-state index contributed by atoms with van der Waals surface area (Å²) in [5.41, 5.74) is 0. The summed E-state index contributed by atoms with van der Waals surface area (Å²) in [7, 11) is 0. The van der Waals surface area contributed by atoms with Crippen molar-refractivity contribution in [3.8, 4) is 0 Å². The SMILES string of the molecule is C=CCOC(=O)C=CC(=O)OCC=CCO. The molecule has 0 aliphatic rings. The average molecular weight is 226 g/mol. The molecule has 0 atom stereocenters. The molecule has 0 aliphatic heterocycles. The topological polar surface area (TPSA) is 72.8 Å². The van der Waals surface area contributed by atoms with Crippen molar-refractivity contribution in [1.82, 2.24) is 0 Å². The summed E-state index contributed by atoms with van der Waals surface area (Å²) in [5.74, 6) is -1.29. The molecule has 0 aromatic heterocycles. The van der Waals surface area contributed by atoms with Gasteiger partial charge in [-0.2, -0.15) is 0 Å². The van der Waals surface area contributed by atoms with Crippen molar-refractivity contribution >= 4 is 11.9 Å². The van der Waals surface area contributed by atoms with Crippen molar-refractivity contribution in [2.75, 3.05) is 19.8 Å². The van der Waals surface area contributed by atoms with E-state index >= 15 is 0 Å². The molecule has 5 nitrogen and oxygen atoms in total. The zero-order valence-corrected chi connectivity index (χ0v) is 8.80. The van der Waals surface area contributed by atoms with Crippen molar-refractivity contribution in [2.24, 2.45) is 0 Å². The maximum atomic E-state index is 11.0. The molecule has 0 aromatic rings. The molecule has 88 valence electrons. The summed E-state index contributed by atoms with van der Waals surface area (Å²) in [6.07, 6.45) is 6.29. The first kappa shape index (κ1) is 14.1. The van der Waals surface area contributed by atoms with Crippen molar-refractivity contribution in [2.45, 2.75) is 0 Å². The molecule has 0 bridgehead atoms. The van der Waals surface area contributed by atoms with Gasteiger partial charge in [0, 0.05) is 12.2 Å². The molecule has 5 heteroatoms. The molecule has 0 aromatic carbocycles. The first-order valence-corrected chi connectivity index (χ1v) is 4.59. The minimum Gasteiger partial charge on any atom is -0.458 e. The largest absolute Gasteiger partial charge is 0.458 e. The Morgan fingerprint density at radius 2 is 1.62 bits per heavy atom. The molecule has 16 heavy (non-hydrogen) atoms. The Morgan fingerprint density at radius 3 is 2.12 bits per heavy atom. The Labute approximate surface area is 93.7 Å². The highest BCUT2D eigenvalue weighted by Gasteiger charge is 1.98. The van der Waals surface area contributed by atoms with Crippen LogP contribution in [0.3, 0.4) is 0 Å². The Hall–Kier alpha value is -1.88. The van der Waals surface area contributed by atoms with E-state index in [-0.39, 0.29) is 19.8 Å². The lowest BCUT2D eigenvalue weighted by Gasteiger charge is -1.97. The summed E-state index contributed by atoms with van der Waals surface area (Å²) >= 11 is 0. The lowest BCUT2D eigenvalue weighted by Crippen LogP contribution is -2.04. The third-order valence-corrected chi connectivity index (χ3v) is 1.29. The van der Waals surface area contributed by atoms with Crippen LogP contribution in [0.4, 0.5) is 0 Å². The van der Waals surface area contributed by atoms with Crippen LogP contribution in [-0.2, 0) is 19.1 Å². The van der Waals surface area contributed by atoms with Gasteiger partial charge >= 0.3 is 11.9 Å². The predicted molar refractivity (Wildman–Crippen MR) is 57.5 cm³/mol. The van der Waals surface area contributed by atoms with Crippen LogP contribution in [0.15, 0.2) is 37.0 Å². The Balaban J connectivity index is 3.76. The molecule has 0 spiro atoms. The van der Waals surface area contributed by atoms with E-state index in [0.29, 0.717) is 0 Å². The molecule has 0 heterocycles. The summed E-state index contributed by atoms with van der Waals surface area (Å²) in [6, 6.07) is 0. The van der Waals surface area contributed by atoms with Gasteiger partial charge in [0.05, 0.1) is 6.61 Å². The van der Waals surface area contributed by atoms with Crippen LogP contribution < -0.4 is 0 Å². The van der Waals surface area contributed by atoms with Crippen LogP contribution in [0, 0.1) is 0 Å². The van der Waals surface area contributed by atoms with Gasteiger partial charge < -0.3 is 14.6 Å². The zero-order chi connectivity index (χ0) is 12.2. The second-order valence-electron chi connectivity index (χ2n) is 2.54. The number of esters is 2. The number of ether oxygens (including phenoxy) is 2. The number of hydrogen-bond donors (Lipinski definition) is 1. The minimum absolute atomic E-state index is 0.0471. The first-order chi connectivity index (χ1) is 7.70. The van der Waals surface area contributed by atoms with Crippen molar-refractivity contribution in [3.63, 3.8) is 0 Å². The first-order valence-electron chi connectivity index (χ1n) is 4.59. The molecular weight excluding hydrogens is 212 g/mol. The summed E-state index contributed by atoms with van der Waals surface area (Å²) < 4.78 is 9.23. The highest BCUT2D eigenvalue weighted by molar-refractivity contribution is 5.91. The number of carbonyl (C=O) groups excluding carboxylic acids is 2. The van der Waals surface area contributed by atoms with Gasteiger partial charge in [0.2, 0.25) is 0 Å². The van der Waals surface area contributed by atoms with Crippen LogP contribution in [0.1, 0.15) is 0 Å². The minimum atomic E-state index is -0.654. The van der Waals surface area contributed by atoms with E-state index in [2.05, 4.69) is 16.1 Å². The number of rotatable bonds is 7. The van der Waals surface area contributed by atoms with Gasteiger partial charge in [-0.15, -0.1) is 0 Å². The highest BCUT2D eigenvalue weighted by atomic mass is 16.5. The number of aliphatic hydroxyl groups excluding tert-OH is 1. The smallest absolute Gasteiger partial charge is 0.331 e. The molecule has 0 unspecified atom stereocenters. The lowest BCUT2D eigenvalue weighted by atomic mass is 10.5. The fourth-order valence-electron chi connectivity index (χ4n) is 0.646. The second-order valence-corrected chi connectivity index (χ2v) is 2.54. The quantitative estimate of drug-likeness (QED) is 0.385. The Bertz CT molecular complexity index is 291. The van der Waals surface area contributed by atoms with Gasteiger partial charge in [0.25, 0.3) is 0 Å². The summed E-state index contributed by atoms with van der Waals surface area (Å²) in [5, 5.41) is 8.38. The predicted octanol–water partition coefficient (Wildman–Crippen LogP) is 0.363. The summed E-state index contributed by atoms with van der Waals surface area (Å²) in [4.78, 5) is 21.8. The van der Waals surface area contributed by atoms with E-state index in [1.54, 1.807) is 0 Å². The molecule has 0 saturated heterocycles. The van der Waals surface area contributed by atoms with E-state index in [1.165, 1.54) is 18.2 Å². The fraction of sp³-hybridized carbons (Fsp3) is 0.273. The van der Waals surface area contributed by atoms with Gasteiger partial charge in [0.1, 0.15) is 13.2 Å². The maximum absolute atomic E-state index is 11.0. The van der Waals surface area contributed by atoms with Crippen molar-refractivity contribution < 1.29 is 24.2 Å². The van der Waals surface area contributed by atoms with Gasteiger partial charge in [-0.25, -0.2) is 9.59 Å². The number of carbonyl (C=O) groups is 2. The average Bonchev–Trinajstić information content (AvgIpc) is 2.29. The standard InChI is InChI=1S/C11H14O5/c1-2-8-15-10(13)5-6-11(14)16-9-4-3-7-12/h2-6,12H,1,7-9H2. The molecule has 0 radical (unpaired) electrons. The number of hydrogen-bond acceptors (Lipinski definition) is 5. The van der Waals surface area contributed by atoms with Crippen LogP contribution >= 0.6 is 0 Å². The molecule has 1 N–H and O–H groups in total. The van der Waals surface area contributed by atoms with Crippen LogP contribution in [-0.4, -0.2) is 36.9 Å². The van der Waals surface area contributed by atoms with E-state index in [9.17, 15) is 9.59 Å². The monoisotopic (exact) mass is 226 g/mol. The molecular formula is C11H14O5. The van der Waals surface area contributed by atoms with Crippen molar-refractivity contribution in [1.29, 1.82) is 0 Å². The maximum Gasteiger partial charge on any atom is 0.331 e. The Morgan fingerprint density at radius 1 is 1.06 bits per heavy atom. The second kappa shape index (κ2) is 9.67. The van der Waals surface area contributed by atoms with E-state index in [0.717, 1.165) is 12.2 Å². The lowest BCUT2D eigenvalue weighted by molar-refractivity contribution is -0.139. The third-order valence-electron chi connectivity index (χ3n) is 1.29. The summed E-state index contributed by atoms with van der Waals surface area (Å²) in [6.45, 7) is 3.40. The molecule has 0 rings (SSSR count). The van der Waals surface area contributed by atoms with Gasteiger partial charge in [-0.05, 0) is 6.08 Å². The van der Waals surface area contributed by atoms with Crippen LogP contribution in [0.25, 0.3) is 0 Å². The molecule has 0 saturated carbocycles. The van der Waals surface area contributed by atoms with Gasteiger partial charge in [-0.3, -0.25) is 0 Å². The molecule has 0 amide bonds. The third kappa shape index (κ3) is 8.71. The normalized spacial score (nSPS) is 10.6. The highest BCUT2D eigenvalue weighted by Crippen LogP contribution is 1.86. The number of aliphatic hydroxyl groups is 1. The van der Waals surface area contributed by atoms with E-state index < -0.39 is 11.9 Å². The zero-order valence-electron chi connectivity index (χ0n) is 8.80. The Kier molecular flexibility index (Phi) is 8.53. The fourth-order valence-corrected chi connectivity index (χ4v) is 0.646. The van der Waals surface area contributed by atoms with Gasteiger partial charge in [-0.1, -0.05) is 18.7 Å². The van der Waals surface area contributed by atoms with Crippen LogP contribution in [0.2, 0.25) is 0 Å². The molecule has 0 fully saturated rings. The van der Waals surface area contributed by atoms with Crippen LogP contribution in [0.5, 0.6) is 0 Å². The molecule has 0 aliphatic carbocycles. The van der Waals surface area contributed by atoms with Crippen molar-refractivity contribution in [3.05, 3.63) is 37.0 Å². The van der Waals surface area contributed by atoms with E-state index in [4.69, 9.17) is 5.11 Å². The van der Waals surface area contributed by atoms with Gasteiger partial charge in [0.15, 0.2) is 0 Å². The van der Waals surface area contributed by atoms with E-state index in [1.807, 2.05) is 0 Å².